The number of esters is 1. The first-order valence-corrected chi connectivity index (χ1v) is 21.6. The first-order valence-electron chi connectivity index (χ1n) is 21.6. The van der Waals surface area contributed by atoms with Gasteiger partial charge in [0.1, 0.15) is 17.2 Å². The Bertz CT molecular complexity index is 2160. The Balaban J connectivity index is 1.67. The molecule has 2 heterocycles. The lowest BCUT2D eigenvalue weighted by Gasteiger charge is -2.41. The molecule has 6 amide bonds. The van der Waals surface area contributed by atoms with Crippen molar-refractivity contribution < 1.29 is 43.0 Å². The molecule has 3 aromatic carbocycles. The van der Waals surface area contributed by atoms with Crippen molar-refractivity contribution in [2.45, 2.75) is 83.4 Å². The molecule has 1 saturated heterocycles. The van der Waals surface area contributed by atoms with Crippen molar-refractivity contribution >= 4 is 35.8 Å². The lowest BCUT2D eigenvalue weighted by Crippen LogP contribution is -2.69. The van der Waals surface area contributed by atoms with Crippen LogP contribution >= 0.6 is 0 Å². The van der Waals surface area contributed by atoms with Crippen molar-refractivity contribution in [3.8, 4) is 11.1 Å². The maximum atomic E-state index is 15.8. The molecule has 16 nitrogen and oxygen atoms in total. The summed E-state index contributed by atoms with van der Waals surface area (Å²) in [5.41, 5.74) is -0.217. The van der Waals surface area contributed by atoms with Crippen molar-refractivity contribution in [3.63, 3.8) is 0 Å². The first-order chi connectivity index (χ1) is 30.8. The summed E-state index contributed by atoms with van der Waals surface area (Å²) in [6, 6.07) is 23.8. The number of morpholine rings is 1. The summed E-state index contributed by atoms with van der Waals surface area (Å²) >= 11 is 0. The number of benzene rings is 3. The molecule has 0 radical (unpaired) electrons. The van der Waals surface area contributed by atoms with Gasteiger partial charge < -0.3 is 35.1 Å². The van der Waals surface area contributed by atoms with E-state index in [1.54, 1.807) is 51.1 Å². The number of nitrogens with zero attached hydrogens (tertiary/aromatic N) is 3. The van der Waals surface area contributed by atoms with Crippen LogP contribution in [-0.2, 0) is 41.4 Å². The highest BCUT2D eigenvalue weighted by Gasteiger charge is 2.49. The fraction of sp³-hybridized carbons (Fsp3) is 0.417. The van der Waals surface area contributed by atoms with Gasteiger partial charge in [0.25, 0.3) is 5.91 Å². The predicted molar refractivity (Wildman–Crippen MR) is 239 cm³/mol. The molecule has 5 rings (SSSR count). The van der Waals surface area contributed by atoms with Crippen LogP contribution in [0.5, 0.6) is 0 Å². The molecule has 64 heavy (non-hydrogen) atoms. The van der Waals surface area contributed by atoms with Crippen LogP contribution in [-0.4, -0.2) is 107 Å². The van der Waals surface area contributed by atoms with E-state index in [9.17, 15) is 24.0 Å². The van der Waals surface area contributed by atoms with Crippen LogP contribution in [0.2, 0.25) is 0 Å². The average Bonchev–Trinajstić information content (AvgIpc) is 3.29. The molecule has 0 bridgehead atoms. The minimum Gasteiger partial charge on any atom is -0.460 e. The number of carbonyl (C=O) groups is 6. The van der Waals surface area contributed by atoms with Gasteiger partial charge in [-0.05, 0) is 49.4 Å². The normalized spacial score (nSPS) is 14.5. The number of carbonyl (C=O) groups excluding carboxylic acids is 6. The number of imide groups is 1. The van der Waals surface area contributed by atoms with Crippen LogP contribution in [0, 0.1) is 5.92 Å². The SMILES string of the molecule is CCCCCC(=O)NC(Cc1ccccc1-c1ccccc1)(C(=O)NC(Cc1ccccc1)C(=O)NC(=O)N1CCOCC1)C(CNC(=O)OC(C)(C)C)COC(=O)c1cnccn1. The summed E-state index contributed by atoms with van der Waals surface area (Å²) < 4.78 is 16.9. The van der Waals surface area contributed by atoms with Crippen LogP contribution in [0.4, 0.5) is 9.59 Å². The Morgan fingerprint density at radius 1 is 0.859 bits per heavy atom. The number of unbranched alkanes of at least 4 members (excludes halogenated alkanes) is 2. The first kappa shape index (κ1) is 48.4. The van der Waals surface area contributed by atoms with Crippen molar-refractivity contribution in [3.05, 3.63) is 120 Å². The average molecular weight is 878 g/mol. The summed E-state index contributed by atoms with van der Waals surface area (Å²) in [5.74, 6) is -4.21. The second-order valence-corrected chi connectivity index (χ2v) is 16.6. The molecule has 3 atom stereocenters. The van der Waals surface area contributed by atoms with Gasteiger partial charge in [-0.3, -0.25) is 24.7 Å². The number of hydrogen-bond acceptors (Lipinski definition) is 11. The zero-order valence-corrected chi connectivity index (χ0v) is 37.0. The Morgan fingerprint density at radius 2 is 1.55 bits per heavy atom. The number of alkyl carbamates (subject to hydrolysis) is 1. The van der Waals surface area contributed by atoms with Crippen LogP contribution in [0.3, 0.4) is 0 Å². The number of hydrogen-bond donors (Lipinski definition) is 4. The lowest BCUT2D eigenvalue weighted by molar-refractivity contribution is -0.139. The molecule has 4 N–H and O–H groups in total. The molecule has 16 heteroatoms. The monoisotopic (exact) mass is 877 g/mol. The Kier molecular flexibility index (Phi) is 17.9. The van der Waals surface area contributed by atoms with Gasteiger partial charge >= 0.3 is 18.1 Å². The predicted octanol–water partition coefficient (Wildman–Crippen LogP) is 5.42. The highest BCUT2D eigenvalue weighted by Crippen LogP contribution is 2.32. The number of amides is 6. The third-order valence-electron chi connectivity index (χ3n) is 10.6. The Morgan fingerprint density at radius 3 is 2.22 bits per heavy atom. The largest absolute Gasteiger partial charge is 0.460 e. The highest BCUT2D eigenvalue weighted by atomic mass is 16.6. The lowest BCUT2D eigenvalue weighted by atomic mass is 9.76. The maximum absolute atomic E-state index is 15.8. The van der Waals surface area contributed by atoms with Crippen molar-refractivity contribution in [2.24, 2.45) is 5.92 Å². The molecule has 0 aliphatic carbocycles. The molecular weight excluding hydrogens is 819 g/mol. The third-order valence-corrected chi connectivity index (χ3v) is 10.6. The number of nitrogens with one attached hydrogen (secondary N) is 4. The summed E-state index contributed by atoms with van der Waals surface area (Å²) in [5, 5.41) is 11.2. The fourth-order valence-corrected chi connectivity index (χ4v) is 7.27. The minimum absolute atomic E-state index is 0.0385. The van der Waals surface area contributed by atoms with Gasteiger partial charge in [0.15, 0.2) is 5.69 Å². The maximum Gasteiger partial charge on any atom is 0.407 e. The van der Waals surface area contributed by atoms with Gasteiger partial charge in [-0.2, -0.15) is 0 Å². The van der Waals surface area contributed by atoms with E-state index < -0.39 is 65.5 Å². The van der Waals surface area contributed by atoms with Crippen LogP contribution in [0.1, 0.15) is 75.0 Å². The van der Waals surface area contributed by atoms with E-state index in [1.165, 1.54) is 23.5 Å². The highest BCUT2D eigenvalue weighted by molar-refractivity contribution is 6.01. The summed E-state index contributed by atoms with van der Waals surface area (Å²) in [4.78, 5) is 94.2. The zero-order chi connectivity index (χ0) is 46.0. The molecule has 0 saturated carbocycles. The molecule has 1 aliphatic rings. The van der Waals surface area contributed by atoms with E-state index in [4.69, 9.17) is 14.2 Å². The topological polar surface area (TPSA) is 207 Å². The van der Waals surface area contributed by atoms with E-state index in [1.807, 2.05) is 61.5 Å². The smallest absolute Gasteiger partial charge is 0.407 e. The summed E-state index contributed by atoms with van der Waals surface area (Å²) in [6.07, 6.45) is 4.98. The molecule has 3 unspecified atom stereocenters. The van der Waals surface area contributed by atoms with Crippen LogP contribution < -0.4 is 21.3 Å². The molecule has 1 aromatic heterocycles. The van der Waals surface area contributed by atoms with Gasteiger partial charge in [0.2, 0.25) is 11.8 Å². The van der Waals surface area contributed by atoms with Gasteiger partial charge in [-0.1, -0.05) is 105 Å². The summed E-state index contributed by atoms with van der Waals surface area (Å²) in [7, 11) is 0. The van der Waals surface area contributed by atoms with E-state index in [2.05, 4.69) is 31.2 Å². The van der Waals surface area contributed by atoms with Crippen LogP contribution in [0.15, 0.2) is 104 Å². The van der Waals surface area contributed by atoms with Gasteiger partial charge in [0, 0.05) is 57.2 Å². The standard InChI is InChI=1S/C48H59N7O9/c1-5-6-9-22-41(56)54-48(30-36-20-14-15-21-38(36)35-18-12-8-13-19-35,37(31-51-46(61)64-47(2,3)4)33-63-43(58)40-32-49-23-24-50-40)44(59)52-39(29-34-16-10-7-11-17-34)42(57)53-45(60)55-25-27-62-28-26-55/h7-8,10-21,23-24,32,37,39H,5-6,9,22,25-31,33H2,1-4H3,(H,51,61)(H,52,59)(H,54,56)(H,53,57,60). The van der Waals surface area contributed by atoms with Crippen LogP contribution in [0.25, 0.3) is 11.1 Å². The molecule has 0 spiro atoms. The molecular formula is C48H59N7O9. The van der Waals surface area contributed by atoms with Gasteiger partial charge in [0.05, 0.1) is 26.0 Å². The Hall–Kier alpha value is -6.68. The summed E-state index contributed by atoms with van der Waals surface area (Å²) in [6.45, 7) is 7.34. The molecule has 1 fully saturated rings. The molecule has 4 aromatic rings. The van der Waals surface area contributed by atoms with Crippen molar-refractivity contribution in [1.82, 2.24) is 36.1 Å². The quantitative estimate of drug-likeness (QED) is 0.0692. The van der Waals surface area contributed by atoms with Crippen molar-refractivity contribution in [2.75, 3.05) is 39.5 Å². The van der Waals surface area contributed by atoms with E-state index in [0.29, 0.717) is 30.8 Å². The Labute approximate surface area is 374 Å². The minimum atomic E-state index is -2.06. The molecule has 1 aliphatic heterocycles. The second kappa shape index (κ2) is 23.7. The van der Waals surface area contributed by atoms with Gasteiger partial charge in [-0.25, -0.2) is 19.4 Å². The van der Waals surface area contributed by atoms with E-state index in [-0.39, 0.29) is 44.6 Å². The number of urea groups is 1. The number of ether oxygens (including phenoxy) is 3. The van der Waals surface area contributed by atoms with E-state index in [0.717, 1.165) is 24.0 Å². The fourth-order valence-electron chi connectivity index (χ4n) is 7.27. The third kappa shape index (κ3) is 14.4. The van der Waals surface area contributed by atoms with Gasteiger partial charge in [-0.15, -0.1) is 0 Å². The number of rotatable bonds is 19. The van der Waals surface area contributed by atoms with Crippen molar-refractivity contribution in [1.29, 1.82) is 0 Å². The second-order valence-electron chi connectivity index (χ2n) is 16.6. The molecule has 340 valence electrons. The number of aromatic nitrogens is 2. The zero-order valence-electron chi connectivity index (χ0n) is 37.0. The van der Waals surface area contributed by atoms with E-state index >= 15 is 4.79 Å².